The van der Waals surface area contributed by atoms with Crippen molar-refractivity contribution in [1.29, 1.82) is 0 Å². The standard InChI is InChI=1S/C10H14N2O/c11-6-2-4-8-3-1-5-9(7-8)10(12)13/h1,3,5,7H,2,4,6,11H2,(H2,12,13). The molecule has 1 aromatic carbocycles. The van der Waals surface area contributed by atoms with Crippen molar-refractivity contribution in [1.82, 2.24) is 0 Å². The quantitative estimate of drug-likeness (QED) is 0.711. The number of carbonyl (C=O) groups excluding carboxylic acids is 1. The number of hydrogen-bond donors (Lipinski definition) is 2. The number of hydrogen-bond acceptors (Lipinski definition) is 2. The summed E-state index contributed by atoms with van der Waals surface area (Å²) in [5.74, 6) is -0.380. The number of nitrogens with two attached hydrogens (primary N) is 2. The molecule has 0 bridgehead atoms. The van der Waals surface area contributed by atoms with Crippen LogP contribution in [0.4, 0.5) is 0 Å². The highest BCUT2D eigenvalue weighted by Gasteiger charge is 2.00. The molecule has 0 unspecified atom stereocenters. The number of carbonyl (C=O) groups is 1. The van der Waals surface area contributed by atoms with Gasteiger partial charge in [-0.2, -0.15) is 0 Å². The van der Waals surface area contributed by atoms with Crippen molar-refractivity contribution in [2.45, 2.75) is 12.8 Å². The van der Waals surface area contributed by atoms with Crippen LogP contribution in [0.25, 0.3) is 0 Å². The van der Waals surface area contributed by atoms with Crippen molar-refractivity contribution < 1.29 is 4.79 Å². The van der Waals surface area contributed by atoms with Gasteiger partial charge in [0.2, 0.25) is 5.91 Å². The third kappa shape index (κ3) is 2.87. The first-order valence-electron chi connectivity index (χ1n) is 4.33. The van der Waals surface area contributed by atoms with Gasteiger partial charge in [-0.3, -0.25) is 4.79 Å². The first kappa shape index (κ1) is 9.74. The van der Waals surface area contributed by atoms with Crippen molar-refractivity contribution in [3.05, 3.63) is 35.4 Å². The van der Waals surface area contributed by atoms with Gasteiger partial charge >= 0.3 is 0 Å². The van der Waals surface area contributed by atoms with Crippen LogP contribution in [0, 0.1) is 0 Å². The van der Waals surface area contributed by atoms with Gasteiger partial charge in [-0.15, -0.1) is 0 Å². The summed E-state index contributed by atoms with van der Waals surface area (Å²) < 4.78 is 0. The maximum Gasteiger partial charge on any atom is 0.248 e. The Bertz CT molecular complexity index is 297. The number of amides is 1. The lowest BCUT2D eigenvalue weighted by Gasteiger charge is -2.01. The average molecular weight is 178 g/mol. The zero-order valence-corrected chi connectivity index (χ0v) is 7.49. The van der Waals surface area contributed by atoms with E-state index in [1.807, 2.05) is 18.2 Å². The van der Waals surface area contributed by atoms with Crippen LogP contribution in [-0.2, 0) is 6.42 Å². The predicted octanol–water partition coefficient (Wildman–Crippen LogP) is 0.677. The van der Waals surface area contributed by atoms with Gasteiger partial charge in [0.05, 0.1) is 0 Å². The summed E-state index contributed by atoms with van der Waals surface area (Å²) in [5.41, 5.74) is 12.2. The lowest BCUT2D eigenvalue weighted by molar-refractivity contribution is 0.1000. The lowest BCUT2D eigenvalue weighted by atomic mass is 10.1. The van der Waals surface area contributed by atoms with Crippen LogP contribution in [0.2, 0.25) is 0 Å². The van der Waals surface area contributed by atoms with E-state index in [9.17, 15) is 4.79 Å². The molecule has 1 aromatic rings. The molecule has 13 heavy (non-hydrogen) atoms. The highest BCUT2D eigenvalue weighted by molar-refractivity contribution is 5.92. The highest BCUT2D eigenvalue weighted by atomic mass is 16.1. The van der Waals surface area contributed by atoms with Crippen LogP contribution in [0.15, 0.2) is 24.3 Å². The molecule has 0 aliphatic carbocycles. The monoisotopic (exact) mass is 178 g/mol. The molecule has 0 saturated carbocycles. The summed E-state index contributed by atoms with van der Waals surface area (Å²) in [6, 6.07) is 7.35. The minimum absolute atomic E-state index is 0.380. The molecule has 0 radical (unpaired) electrons. The van der Waals surface area contributed by atoms with Gasteiger partial charge < -0.3 is 11.5 Å². The summed E-state index contributed by atoms with van der Waals surface area (Å²) in [6.45, 7) is 0.667. The maximum atomic E-state index is 10.8. The minimum atomic E-state index is -0.380. The maximum absolute atomic E-state index is 10.8. The van der Waals surface area contributed by atoms with E-state index in [-0.39, 0.29) is 5.91 Å². The van der Waals surface area contributed by atoms with Gasteiger partial charge in [-0.25, -0.2) is 0 Å². The summed E-state index contributed by atoms with van der Waals surface area (Å²) in [4.78, 5) is 10.8. The van der Waals surface area contributed by atoms with Crippen molar-refractivity contribution in [3.8, 4) is 0 Å². The summed E-state index contributed by atoms with van der Waals surface area (Å²) >= 11 is 0. The van der Waals surface area contributed by atoms with E-state index in [1.54, 1.807) is 6.07 Å². The van der Waals surface area contributed by atoms with Gasteiger partial charge in [0.1, 0.15) is 0 Å². The SMILES string of the molecule is NCCCc1cccc(C(N)=O)c1. The Morgan fingerprint density at radius 3 is 2.77 bits per heavy atom. The molecule has 4 N–H and O–H groups in total. The molecule has 0 aliphatic heterocycles. The average Bonchev–Trinajstić information content (AvgIpc) is 2.15. The van der Waals surface area contributed by atoms with E-state index in [4.69, 9.17) is 11.5 Å². The molecule has 0 spiro atoms. The van der Waals surface area contributed by atoms with E-state index < -0.39 is 0 Å². The van der Waals surface area contributed by atoms with Crippen LogP contribution >= 0.6 is 0 Å². The smallest absolute Gasteiger partial charge is 0.248 e. The minimum Gasteiger partial charge on any atom is -0.366 e. The van der Waals surface area contributed by atoms with Gasteiger partial charge in [0.25, 0.3) is 0 Å². The molecule has 0 heterocycles. The second-order valence-electron chi connectivity index (χ2n) is 2.96. The Balaban J connectivity index is 2.73. The number of aryl methyl sites for hydroxylation is 1. The summed E-state index contributed by atoms with van der Waals surface area (Å²) in [7, 11) is 0. The molecule has 0 fully saturated rings. The zero-order chi connectivity index (χ0) is 9.68. The van der Waals surface area contributed by atoms with Crippen LogP contribution in [0.5, 0.6) is 0 Å². The molecule has 1 amide bonds. The fraction of sp³-hybridized carbons (Fsp3) is 0.300. The van der Waals surface area contributed by atoms with Crippen LogP contribution in [-0.4, -0.2) is 12.5 Å². The molecule has 0 aliphatic rings. The molecule has 3 heteroatoms. The Kier molecular flexibility index (Phi) is 3.46. The number of primary amides is 1. The molecule has 0 aromatic heterocycles. The fourth-order valence-corrected chi connectivity index (χ4v) is 1.19. The van der Waals surface area contributed by atoms with E-state index in [0.717, 1.165) is 18.4 Å². The Labute approximate surface area is 77.7 Å². The number of rotatable bonds is 4. The Morgan fingerprint density at radius 1 is 1.38 bits per heavy atom. The molecule has 0 saturated heterocycles. The molecule has 0 atom stereocenters. The van der Waals surface area contributed by atoms with E-state index in [0.29, 0.717) is 12.1 Å². The van der Waals surface area contributed by atoms with E-state index in [1.165, 1.54) is 0 Å². The second kappa shape index (κ2) is 4.62. The normalized spacial score (nSPS) is 9.92. The molecule has 1 rings (SSSR count). The first-order valence-corrected chi connectivity index (χ1v) is 4.33. The molecule has 3 nitrogen and oxygen atoms in total. The summed E-state index contributed by atoms with van der Waals surface area (Å²) in [6.07, 6.45) is 1.83. The summed E-state index contributed by atoms with van der Waals surface area (Å²) in [5, 5.41) is 0. The molecule has 70 valence electrons. The van der Waals surface area contributed by atoms with Gasteiger partial charge in [-0.1, -0.05) is 12.1 Å². The second-order valence-corrected chi connectivity index (χ2v) is 2.96. The Morgan fingerprint density at radius 2 is 2.15 bits per heavy atom. The zero-order valence-electron chi connectivity index (χ0n) is 7.49. The lowest BCUT2D eigenvalue weighted by Crippen LogP contribution is -2.11. The third-order valence-corrected chi connectivity index (χ3v) is 1.88. The van der Waals surface area contributed by atoms with Gasteiger partial charge in [0.15, 0.2) is 0 Å². The van der Waals surface area contributed by atoms with E-state index >= 15 is 0 Å². The van der Waals surface area contributed by atoms with E-state index in [2.05, 4.69) is 0 Å². The van der Waals surface area contributed by atoms with Gasteiger partial charge in [-0.05, 0) is 37.1 Å². The van der Waals surface area contributed by atoms with Crippen molar-refractivity contribution >= 4 is 5.91 Å². The van der Waals surface area contributed by atoms with Crippen molar-refractivity contribution in [3.63, 3.8) is 0 Å². The topological polar surface area (TPSA) is 69.1 Å². The van der Waals surface area contributed by atoms with Gasteiger partial charge in [0, 0.05) is 5.56 Å². The molecular formula is C10H14N2O. The third-order valence-electron chi connectivity index (χ3n) is 1.88. The van der Waals surface area contributed by atoms with Crippen molar-refractivity contribution in [2.75, 3.05) is 6.54 Å². The first-order chi connectivity index (χ1) is 6.24. The highest BCUT2D eigenvalue weighted by Crippen LogP contribution is 2.06. The Hall–Kier alpha value is -1.35. The molecular weight excluding hydrogens is 164 g/mol. The number of benzene rings is 1. The fourth-order valence-electron chi connectivity index (χ4n) is 1.19. The largest absolute Gasteiger partial charge is 0.366 e. The predicted molar refractivity (Wildman–Crippen MR) is 52.3 cm³/mol. The van der Waals surface area contributed by atoms with Crippen molar-refractivity contribution in [2.24, 2.45) is 11.5 Å². The van der Waals surface area contributed by atoms with Crippen LogP contribution in [0.3, 0.4) is 0 Å². The van der Waals surface area contributed by atoms with Crippen LogP contribution < -0.4 is 11.5 Å². The van der Waals surface area contributed by atoms with Crippen LogP contribution in [0.1, 0.15) is 22.3 Å².